The molecule has 2 heteroatoms. The molecule has 0 spiro atoms. The maximum absolute atomic E-state index is 4.01. The van der Waals surface area contributed by atoms with Crippen LogP contribution in [0.3, 0.4) is 0 Å². The summed E-state index contributed by atoms with van der Waals surface area (Å²) >= 11 is 1.50. The van der Waals surface area contributed by atoms with Crippen molar-refractivity contribution in [3.63, 3.8) is 0 Å². The largest absolute Gasteiger partial charge is 0.167 e. The quantitative estimate of drug-likeness (QED) is 0.431. The monoisotopic (exact) mass is 112 g/mol. The lowest BCUT2D eigenvalue weighted by Crippen LogP contribution is -1.87. The van der Waals surface area contributed by atoms with E-state index in [4.69, 9.17) is 0 Å². The molecule has 1 nitrogen and oxygen atoms in total. The standard InChI is InChI=1S/C5H6NS/c1-2-4-6-7-5-3-1/h1-3,5H,4H2. The Kier molecular flexibility index (Phi) is 2.03. The van der Waals surface area contributed by atoms with E-state index in [2.05, 4.69) is 4.72 Å². The fourth-order valence-corrected chi connectivity index (χ4v) is 0.768. The molecule has 1 rings (SSSR count). The van der Waals surface area contributed by atoms with Gasteiger partial charge in [0.1, 0.15) is 0 Å². The van der Waals surface area contributed by atoms with E-state index in [0.717, 1.165) is 6.54 Å². The van der Waals surface area contributed by atoms with Crippen molar-refractivity contribution < 1.29 is 0 Å². The summed E-state index contributed by atoms with van der Waals surface area (Å²) in [6.45, 7) is 0.845. The van der Waals surface area contributed by atoms with Gasteiger partial charge in [0.05, 0.1) is 0 Å². The molecule has 0 atom stereocenters. The number of rotatable bonds is 0. The van der Waals surface area contributed by atoms with Crippen molar-refractivity contribution in [2.75, 3.05) is 6.54 Å². The van der Waals surface area contributed by atoms with Crippen LogP contribution in [-0.2, 0) is 0 Å². The van der Waals surface area contributed by atoms with Crippen molar-refractivity contribution in [1.82, 2.24) is 4.72 Å². The molecule has 1 aliphatic heterocycles. The van der Waals surface area contributed by atoms with E-state index in [1.54, 1.807) is 0 Å². The zero-order valence-electron chi connectivity index (χ0n) is 3.87. The number of allylic oxidation sites excluding steroid dienone is 2. The molecule has 1 radical (unpaired) electrons. The second kappa shape index (κ2) is 2.88. The average molecular weight is 112 g/mol. The fourth-order valence-electron chi connectivity index (χ4n) is 0.349. The van der Waals surface area contributed by atoms with Crippen LogP contribution in [0.25, 0.3) is 0 Å². The molecular weight excluding hydrogens is 106 g/mol. The zero-order valence-corrected chi connectivity index (χ0v) is 4.69. The number of nitrogens with zero attached hydrogens (tertiary/aromatic N) is 1. The minimum Gasteiger partial charge on any atom is -0.167 e. The van der Waals surface area contributed by atoms with Gasteiger partial charge in [0.15, 0.2) is 0 Å². The van der Waals surface area contributed by atoms with Gasteiger partial charge in [-0.1, -0.05) is 18.2 Å². The Balaban J connectivity index is 2.39. The van der Waals surface area contributed by atoms with E-state index in [1.807, 2.05) is 23.6 Å². The van der Waals surface area contributed by atoms with Crippen LogP contribution in [0.2, 0.25) is 0 Å². The van der Waals surface area contributed by atoms with Gasteiger partial charge < -0.3 is 0 Å². The van der Waals surface area contributed by atoms with E-state index in [-0.39, 0.29) is 0 Å². The number of hydrogen-bond donors (Lipinski definition) is 0. The lowest BCUT2D eigenvalue weighted by molar-refractivity contribution is 1.12. The Morgan fingerprint density at radius 3 is 3.43 bits per heavy atom. The third kappa shape index (κ3) is 1.80. The second-order valence-electron chi connectivity index (χ2n) is 1.17. The van der Waals surface area contributed by atoms with Gasteiger partial charge >= 0.3 is 0 Å². The Labute approximate surface area is 47.6 Å². The summed E-state index contributed by atoms with van der Waals surface area (Å²) in [5, 5.41) is 1.96. The van der Waals surface area contributed by atoms with Crippen LogP contribution in [0.4, 0.5) is 0 Å². The molecule has 0 unspecified atom stereocenters. The molecule has 1 heterocycles. The Morgan fingerprint density at radius 1 is 1.43 bits per heavy atom. The van der Waals surface area contributed by atoms with Crippen LogP contribution >= 0.6 is 11.9 Å². The highest BCUT2D eigenvalue weighted by Gasteiger charge is 1.81. The van der Waals surface area contributed by atoms with E-state index >= 15 is 0 Å². The van der Waals surface area contributed by atoms with Crippen LogP contribution in [0.5, 0.6) is 0 Å². The maximum Gasteiger partial charge on any atom is 0.0444 e. The predicted molar refractivity (Wildman–Crippen MR) is 32.9 cm³/mol. The first-order chi connectivity index (χ1) is 3.50. The highest BCUT2D eigenvalue weighted by Crippen LogP contribution is 2.00. The molecule has 7 heavy (non-hydrogen) atoms. The van der Waals surface area contributed by atoms with Crippen LogP contribution in [0.15, 0.2) is 23.6 Å². The molecule has 1 aliphatic rings. The summed E-state index contributed by atoms with van der Waals surface area (Å²) < 4.78 is 4.01. The Bertz CT molecular complexity index is 84.3. The molecular formula is C5H6NS. The molecule has 37 valence electrons. The SMILES string of the molecule is C1=CC[N]SC=C1. The average Bonchev–Trinajstić information content (AvgIpc) is 1.90. The zero-order chi connectivity index (χ0) is 4.95. The van der Waals surface area contributed by atoms with Gasteiger partial charge in [-0.05, 0) is 17.4 Å². The summed E-state index contributed by atoms with van der Waals surface area (Å²) in [6, 6.07) is 0. The smallest absolute Gasteiger partial charge is 0.0444 e. The normalized spacial score (nSPS) is 19.4. The van der Waals surface area contributed by atoms with Gasteiger partial charge in [0.2, 0.25) is 0 Å². The summed E-state index contributed by atoms with van der Waals surface area (Å²) in [5.74, 6) is 0. The van der Waals surface area contributed by atoms with Crippen molar-refractivity contribution in [3.8, 4) is 0 Å². The molecule has 0 saturated carbocycles. The van der Waals surface area contributed by atoms with E-state index in [9.17, 15) is 0 Å². The lowest BCUT2D eigenvalue weighted by Gasteiger charge is -1.82. The molecule has 0 aromatic heterocycles. The minimum atomic E-state index is 0.845. The number of hydrogen-bond acceptors (Lipinski definition) is 1. The van der Waals surface area contributed by atoms with Crippen LogP contribution < -0.4 is 4.72 Å². The maximum atomic E-state index is 4.01. The molecule has 0 aliphatic carbocycles. The third-order valence-corrected chi connectivity index (χ3v) is 1.22. The molecule has 0 aromatic rings. The molecule has 0 aromatic carbocycles. The van der Waals surface area contributed by atoms with Gasteiger partial charge in [0, 0.05) is 6.54 Å². The highest BCUT2D eigenvalue weighted by atomic mass is 32.2. The van der Waals surface area contributed by atoms with Crippen LogP contribution in [0, 0.1) is 0 Å². The highest BCUT2D eigenvalue weighted by molar-refractivity contribution is 8.00. The van der Waals surface area contributed by atoms with E-state index < -0.39 is 0 Å². The molecule has 0 saturated heterocycles. The van der Waals surface area contributed by atoms with Crippen LogP contribution in [0.1, 0.15) is 0 Å². The lowest BCUT2D eigenvalue weighted by atomic mass is 10.5. The van der Waals surface area contributed by atoms with Crippen molar-refractivity contribution in [1.29, 1.82) is 0 Å². The van der Waals surface area contributed by atoms with Crippen molar-refractivity contribution >= 4 is 11.9 Å². The van der Waals surface area contributed by atoms with Gasteiger partial charge in [-0.25, -0.2) is 0 Å². The van der Waals surface area contributed by atoms with Crippen molar-refractivity contribution in [2.45, 2.75) is 0 Å². The van der Waals surface area contributed by atoms with Crippen molar-refractivity contribution in [3.05, 3.63) is 23.6 Å². The first kappa shape index (κ1) is 4.94. The first-order valence-electron chi connectivity index (χ1n) is 2.14. The summed E-state index contributed by atoms with van der Waals surface area (Å²) in [6.07, 6.45) is 6.02. The van der Waals surface area contributed by atoms with Crippen molar-refractivity contribution in [2.24, 2.45) is 0 Å². The third-order valence-electron chi connectivity index (χ3n) is 0.641. The Morgan fingerprint density at radius 2 is 2.43 bits per heavy atom. The van der Waals surface area contributed by atoms with Gasteiger partial charge in [-0.3, -0.25) is 0 Å². The van der Waals surface area contributed by atoms with E-state index in [0.29, 0.717) is 0 Å². The molecule has 0 amide bonds. The Hall–Kier alpha value is -0.210. The van der Waals surface area contributed by atoms with Gasteiger partial charge in [0.25, 0.3) is 0 Å². The topological polar surface area (TPSA) is 14.1 Å². The minimum absolute atomic E-state index is 0.845. The summed E-state index contributed by atoms with van der Waals surface area (Å²) in [5.41, 5.74) is 0. The van der Waals surface area contributed by atoms with Gasteiger partial charge in [-0.2, -0.15) is 4.72 Å². The molecule has 0 fully saturated rings. The molecule has 0 bridgehead atoms. The van der Waals surface area contributed by atoms with Crippen LogP contribution in [-0.4, -0.2) is 6.54 Å². The predicted octanol–water partition coefficient (Wildman–Crippen LogP) is 1.32. The molecule has 0 N–H and O–H groups in total. The summed E-state index contributed by atoms with van der Waals surface area (Å²) in [4.78, 5) is 0. The van der Waals surface area contributed by atoms with Gasteiger partial charge in [-0.15, -0.1) is 0 Å². The summed E-state index contributed by atoms with van der Waals surface area (Å²) in [7, 11) is 0. The van der Waals surface area contributed by atoms with E-state index in [1.165, 1.54) is 11.9 Å². The second-order valence-corrected chi connectivity index (χ2v) is 1.91. The first-order valence-corrected chi connectivity index (χ1v) is 2.98. The fraction of sp³-hybridized carbons (Fsp3) is 0.200.